The summed E-state index contributed by atoms with van der Waals surface area (Å²) in [6.07, 6.45) is 1.95. The molecule has 0 fully saturated rings. The average molecular weight is 299 g/mol. The lowest BCUT2D eigenvalue weighted by atomic mass is 10.1. The number of nitrogens with one attached hydrogen (secondary N) is 2. The summed E-state index contributed by atoms with van der Waals surface area (Å²) in [5, 5.41) is 9.66. The van der Waals surface area contributed by atoms with Crippen molar-refractivity contribution in [3.05, 3.63) is 46.2 Å². The molecule has 0 aliphatic carbocycles. The number of halogens is 2. The molecule has 0 aliphatic heterocycles. The number of H-pyrrole nitrogens is 1. The molecule has 0 spiro atoms. The van der Waals surface area contributed by atoms with Crippen LogP contribution in [0.15, 0.2) is 29.0 Å². The Balaban J connectivity index is 2.21. The maximum absolute atomic E-state index is 13.6. The van der Waals surface area contributed by atoms with Crippen LogP contribution in [0.5, 0.6) is 0 Å². The molecule has 2 aromatic rings. The SMILES string of the molecule is CNC(Cc1cc(Br)ccc1F)c1ncn[nH]1. The molecule has 0 saturated carbocycles. The van der Waals surface area contributed by atoms with Gasteiger partial charge in [-0.2, -0.15) is 5.10 Å². The Kier molecular flexibility index (Phi) is 3.86. The van der Waals surface area contributed by atoms with Crippen LogP contribution < -0.4 is 5.32 Å². The van der Waals surface area contributed by atoms with E-state index in [9.17, 15) is 4.39 Å². The third kappa shape index (κ3) is 2.89. The second-order valence-corrected chi connectivity index (χ2v) is 4.57. The largest absolute Gasteiger partial charge is 0.310 e. The zero-order chi connectivity index (χ0) is 12.3. The smallest absolute Gasteiger partial charge is 0.141 e. The van der Waals surface area contributed by atoms with Gasteiger partial charge in [-0.3, -0.25) is 5.10 Å². The van der Waals surface area contributed by atoms with Crippen LogP contribution in [0.4, 0.5) is 4.39 Å². The number of hydrogen-bond acceptors (Lipinski definition) is 3. The number of benzene rings is 1. The van der Waals surface area contributed by atoms with Crippen LogP contribution in [-0.4, -0.2) is 22.2 Å². The second kappa shape index (κ2) is 5.37. The fourth-order valence-corrected chi connectivity index (χ4v) is 2.05. The van der Waals surface area contributed by atoms with E-state index in [-0.39, 0.29) is 11.9 Å². The zero-order valence-electron chi connectivity index (χ0n) is 9.24. The summed E-state index contributed by atoms with van der Waals surface area (Å²) in [7, 11) is 1.81. The van der Waals surface area contributed by atoms with Crippen LogP contribution in [0.1, 0.15) is 17.4 Å². The Hall–Kier alpha value is -1.27. The van der Waals surface area contributed by atoms with Gasteiger partial charge in [0, 0.05) is 4.47 Å². The first-order valence-corrected chi connectivity index (χ1v) is 5.96. The van der Waals surface area contributed by atoms with E-state index in [0.29, 0.717) is 17.8 Å². The molecule has 1 atom stereocenters. The number of aromatic nitrogens is 3. The van der Waals surface area contributed by atoms with Crippen molar-refractivity contribution in [2.45, 2.75) is 12.5 Å². The predicted octanol–water partition coefficient (Wildman–Crippen LogP) is 2.21. The summed E-state index contributed by atoms with van der Waals surface area (Å²) < 4.78 is 14.5. The standard InChI is InChI=1S/C11H12BrFN4/c1-14-10(11-15-6-16-17-11)5-7-4-8(12)2-3-9(7)13/h2-4,6,10,14H,5H2,1H3,(H,15,16,17). The molecule has 0 bridgehead atoms. The molecular weight excluding hydrogens is 287 g/mol. The van der Waals surface area contributed by atoms with Gasteiger partial charge < -0.3 is 5.32 Å². The minimum Gasteiger partial charge on any atom is -0.310 e. The fraction of sp³-hybridized carbons (Fsp3) is 0.273. The number of aromatic amines is 1. The Labute approximate surface area is 107 Å². The minimum atomic E-state index is -0.215. The third-order valence-electron chi connectivity index (χ3n) is 2.54. The number of rotatable bonds is 4. The van der Waals surface area contributed by atoms with Gasteiger partial charge in [0.25, 0.3) is 0 Å². The Bertz CT molecular complexity index is 486. The van der Waals surface area contributed by atoms with Gasteiger partial charge >= 0.3 is 0 Å². The number of hydrogen-bond donors (Lipinski definition) is 2. The predicted molar refractivity (Wildman–Crippen MR) is 66.0 cm³/mol. The Morgan fingerprint density at radius 3 is 3.00 bits per heavy atom. The highest BCUT2D eigenvalue weighted by molar-refractivity contribution is 9.10. The maximum Gasteiger partial charge on any atom is 0.141 e. The van der Waals surface area contributed by atoms with Crippen LogP contribution in [0.3, 0.4) is 0 Å². The summed E-state index contributed by atoms with van der Waals surface area (Å²) in [5.41, 5.74) is 0.634. The van der Waals surface area contributed by atoms with E-state index in [1.54, 1.807) is 12.1 Å². The summed E-state index contributed by atoms with van der Waals surface area (Å²) >= 11 is 3.33. The van der Waals surface area contributed by atoms with Crippen molar-refractivity contribution >= 4 is 15.9 Å². The molecule has 1 heterocycles. The van der Waals surface area contributed by atoms with E-state index in [1.807, 2.05) is 7.05 Å². The molecule has 0 amide bonds. The van der Waals surface area contributed by atoms with Crippen LogP contribution in [-0.2, 0) is 6.42 Å². The molecule has 0 saturated heterocycles. The molecule has 2 N–H and O–H groups in total. The van der Waals surface area contributed by atoms with Crippen molar-refractivity contribution in [1.82, 2.24) is 20.5 Å². The molecule has 0 aliphatic rings. The van der Waals surface area contributed by atoms with E-state index < -0.39 is 0 Å². The highest BCUT2D eigenvalue weighted by Crippen LogP contribution is 2.20. The molecule has 90 valence electrons. The van der Waals surface area contributed by atoms with E-state index in [2.05, 4.69) is 36.4 Å². The molecule has 0 radical (unpaired) electrons. The van der Waals surface area contributed by atoms with E-state index in [0.717, 1.165) is 4.47 Å². The van der Waals surface area contributed by atoms with Gasteiger partial charge in [0.05, 0.1) is 6.04 Å². The monoisotopic (exact) mass is 298 g/mol. The molecule has 4 nitrogen and oxygen atoms in total. The van der Waals surface area contributed by atoms with E-state index in [4.69, 9.17) is 0 Å². The lowest BCUT2D eigenvalue weighted by Gasteiger charge is -2.13. The fourth-order valence-electron chi connectivity index (χ4n) is 1.64. The Morgan fingerprint density at radius 1 is 1.53 bits per heavy atom. The van der Waals surface area contributed by atoms with Crippen LogP contribution in [0.2, 0.25) is 0 Å². The van der Waals surface area contributed by atoms with Crippen molar-refractivity contribution in [3.8, 4) is 0 Å². The van der Waals surface area contributed by atoms with Crippen molar-refractivity contribution in [2.24, 2.45) is 0 Å². The van der Waals surface area contributed by atoms with Gasteiger partial charge in [-0.15, -0.1) is 0 Å². The van der Waals surface area contributed by atoms with Crippen molar-refractivity contribution in [3.63, 3.8) is 0 Å². The van der Waals surface area contributed by atoms with Gasteiger partial charge in [-0.25, -0.2) is 9.37 Å². The topological polar surface area (TPSA) is 53.6 Å². The van der Waals surface area contributed by atoms with E-state index in [1.165, 1.54) is 12.4 Å². The number of nitrogens with zero attached hydrogens (tertiary/aromatic N) is 2. The van der Waals surface area contributed by atoms with Gasteiger partial charge in [-0.1, -0.05) is 15.9 Å². The summed E-state index contributed by atoms with van der Waals surface area (Å²) in [5.74, 6) is 0.486. The van der Waals surface area contributed by atoms with Crippen molar-refractivity contribution in [2.75, 3.05) is 7.05 Å². The molecule has 2 rings (SSSR count). The molecule has 1 unspecified atom stereocenters. The van der Waals surface area contributed by atoms with Gasteiger partial charge in [0.1, 0.15) is 18.0 Å². The quantitative estimate of drug-likeness (QED) is 0.910. The number of likely N-dealkylation sites (N-methyl/N-ethyl adjacent to an activating group) is 1. The zero-order valence-corrected chi connectivity index (χ0v) is 10.8. The molecule has 6 heteroatoms. The summed E-state index contributed by atoms with van der Waals surface area (Å²) in [4.78, 5) is 4.07. The average Bonchev–Trinajstić information content (AvgIpc) is 2.84. The van der Waals surface area contributed by atoms with E-state index >= 15 is 0 Å². The summed E-state index contributed by atoms with van der Waals surface area (Å²) in [6.45, 7) is 0. The maximum atomic E-state index is 13.6. The third-order valence-corrected chi connectivity index (χ3v) is 3.04. The Morgan fingerprint density at radius 2 is 2.35 bits per heavy atom. The lowest BCUT2D eigenvalue weighted by molar-refractivity contribution is 0.534. The van der Waals surface area contributed by atoms with Gasteiger partial charge in [0.2, 0.25) is 0 Å². The highest BCUT2D eigenvalue weighted by atomic mass is 79.9. The lowest BCUT2D eigenvalue weighted by Crippen LogP contribution is -2.20. The van der Waals surface area contributed by atoms with Gasteiger partial charge in [-0.05, 0) is 37.2 Å². The van der Waals surface area contributed by atoms with Crippen molar-refractivity contribution < 1.29 is 4.39 Å². The first kappa shape index (κ1) is 12.2. The van der Waals surface area contributed by atoms with Gasteiger partial charge in [0.15, 0.2) is 0 Å². The summed E-state index contributed by atoms with van der Waals surface area (Å²) in [6, 6.07) is 4.82. The van der Waals surface area contributed by atoms with Crippen LogP contribution >= 0.6 is 15.9 Å². The normalized spacial score (nSPS) is 12.6. The first-order valence-electron chi connectivity index (χ1n) is 5.17. The second-order valence-electron chi connectivity index (χ2n) is 3.65. The molecular formula is C11H12BrFN4. The van der Waals surface area contributed by atoms with Crippen LogP contribution in [0, 0.1) is 5.82 Å². The van der Waals surface area contributed by atoms with Crippen LogP contribution in [0.25, 0.3) is 0 Å². The first-order chi connectivity index (χ1) is 8.20. The molecule has 1 aromatic carbocycles. The molecule has 17 heavy (non-hydrogen) atoms. The highest BCUT2D eigenvalue weighted by Gasteiger charge is 2.15. The minimum absolute atomic E-state index is 0.0821. The molecule has 1 aromatic heterocycles. The van der Waals surface area contributed by atoms with Crippen molar-refractivity contribution in [1.29, 1.82) is 0 Å².